The van der Waals surface area contributed by atoms with Crippen LogP contribution < -0.4 is 5.73 Å². The van der Waals surface area contributed by atoms with E-state index in [0.717, 1.165) is 18.8 Å². The number of nitrogens with zero attached hydrogens (tertiary/aromatic N) is 3. The molecule has 3 rings (SSSR count). The number of nitrogens with two attached hydrogens (primary N) is 1. The van der Waals surface area contributed by atoms with Crippen molar-refractivity contribution in [1.82, 2.24) is 9.80 Å². The van der Waals surface area contributed by atoms with Gasteiger partial charge < -0.3 is 25.7 Å². The van der Waals surface area contributed by atoms with Gasteiger partial charge in [-0.05, 0) is 25.9 Å². The normalized spacial score (nSPS) is 27.5. The first kappa shape index (κ1) is 28.8. The molecule has 4 N–H and O–H groups in total. The Bertz CT molecular complexity index is 744. The topological polar surface area (TPSA) is 148 Å². The molecule has 3 atom stereocenters. The number of carboxylic acid groups (broad SMARTS) is 2. The van der Waals surface area contributed by atoms with E-state index < -0.39 is 29.8 Å². The zero-order valence-electron chi connectivity index (χ0n) is 17.0. The Labute approximate surface area is 188 Å². The maximum atomic E-state index is 12.6. The number of fused-ring (bicyclic) bond motifs is 1. The van der Waals surface area contributed by atoms with E-state index in [-0.39, 0.29) is 17.3 Å². The third kappa shape index (κ3) is 8.23. The number of piperidine rings is 1. The quantitative estimate of drug-likeness (QED) is 0.474. The number of alkyl halides is 6. The highest BCUT2D eigenvalue weighted by atomic mass is 32.2. The highest BCUT2D eigenvalue weighted by Gasteiger charge is 2.55. The summed E-state index contributed by atoms with van der Waals surface area (Å²) in [7, 11) is 0. The molecule has 33 heavy (non-hydrogen) atoms. The van der Waals surface area contributed by atoms with Crippen LogP contribution in [0.2, 0.25) is 0 Å². The van der Waals surface area contributed by atoms with E-state index in [9.17, 15) is 31.1 Å². The number of carbonyl (C=O) groups excluding carboxylic acids is 1. The minimum atomic E-state index is -5.08. The van der Waals surface area contributed by atoms with Crippen LogP contribution in [0.25, 0.3) is 0 Å². The molecule has 3 saturated heterocycles. The van der Waals surface area contributed by atoms with Crippen molar-refractivity contribution in [1.29, 1.82) is 5.26 Å². The van der Waals surface area contributed by atoms with Crippen molar-refractivity contribution in [3.05, 3.63) is 0 Å². The summed E-state index contributed by atoms with van der Waals surface area (Å²) < 4.78 is 63.5. The maximum absolute atomic E-state index is 12.6. The Morgan fingerprint density at radius 2 is 1.55 bits per heavy atom. The first-order valence-corrected chi connectivity index (χ1v) is 10.5. The molecule has 0 unspecified atom stereocenters. The molecule has 1 amide bonds. The molecule has 3 aliphatic rings. The zero-order chi connectivity index (χ0) is 25.6. The van der Waals surface area contributed by atoms with Crippen molar-refractivity contribution >= 4 is 29.6 Å². The van der Waals surface area contributed by atoms with Gasteiger partial charge in [0.05, 0.1) is 11.4 Å². The molecule has 0 aromatic rings. The van der Waals surface area contributed by atoms with Crippen molar-refractivity contribution in [2.75, 3.05) is 25.4 Å². The van der Waals surface area contributed by atoms with Gasteiger partial charge in [-0.1, -0.05) is 6.42 Å². The monoisotopic (exact) mass is 508 g/mol. The Hall–Kier alpha value is -2.25. The number of amides is 1. The van der Waals surface area contributed by atoms with Gasteiger partial charge in [-0.3, -0.25) is 4.79 Å². The molecule has 3 fully saturated rings. The van der Waals surface area contributed by atoms with Gasteiger partial charge in [0, 0.05) is 18.7 Å². The zero-order valence-corrected chi connectivity index (χ0v) is 17.8. The van der Waals surface area contributed by atoms with Crippen LogP contribution in [0.1, 0.15) is 25.7 Å². The van der Waals surface area contributed by atoms with E-state index in [1.54, 1.807) is 16.7 Å². The number of rotatable bonds is 2. The van der Waals surface area contributed by atoms with Crippen molar-refractivity contribution in [3.8, 4) is 6.07 Å². The minimum absolute atomic E-state index is 0.0142. The van der Waals surface area contributed by atoms with Gasteiger partial charge in [-0.25, -0.2) is 9.59 Å². The predicted octanol–water partition coefficient (Wildman–Crippen LogP) is 1.63. The molecule has 0 radical (unpaired) electrons. The van der Waals surface area contributed by atoms with Gasteiger partial charge in [0.2, 0.25) is 5.91 Å². The van der Waals surface area contributed by atoms with Crippen LogP contribution in [0.5, 0.6) is 0 Å². The second-order valence-corrected chi connectivity index (χ2v) is 8.66. The molecule has 16 heteroatoms. The van der Waals surface area contributed by atoms with Crippen LogP contribution in [-0.4, -0.2) is 92.6 Å². The van der Waals surface area contributed by atoms with Crippen LogP contribution >= 0.6 is 11.8 Å². The number of carboxylic acids is 2. The summed E-state index contributed by atoms with van der Waals surface area (Å²) in [6.07, 6.45) is -5.80. The Balaban J connectivity index is 0.000000324. The maximum Gasteiger partial charge on any atom is 0.490 e. The van der Waals surface area contributed by atoms with E-state index in [1.165, 1.54) is 19.3 Å². The fourth-order valence-corrected chi connectivity index (χ4v) is 4.86. The summed E-state index contributed by atoms with van der Waals surface area (Å²) in [6.45, 7) is 2.75. The molecule has 0 aliphatic carbocycles. The second-order valence-electron chi connectivity index (χ2n) is 7.45. The average Bonchev–Trinajstić information content (AvgIpc) is 3.19. The molecule has 0 aromatic carbocycles. The minimum Gasteiger partial charge on any atom is -0.475 e. The van der Waals surface area contributed by atoms with E-state index in [2.05, 4.69) is 11.0 Å². The van der Waals surface area contributed by atoms with Gasteiger partial charge in [0.1, 0.15) is 11.6 Å². The van der Waals surface area contributed by atoms with Crippen LogP contribution in [-0.2, 0) is 14.4 Å². The lowest BCUT2D eigenvalue weighted by Crippen LogP contribution is -2.57. The summed E-state index contributed by atoms with van der Waals surface area (Å²) in [6, 6.07) is 1.94. The number of carbonyl (C=O) groups is 3. The number of aliphatic carboxylic acids is 2. The smallest absolute Gasteiger partial charge is 0.475 e. The van der Waals surface area contributed by atoms with Crippen LogP contribution in [0, 0.1) is 11.3 Å². The summed E-state index contributed by atoms with van der Waals surface area (Å²) >= 11 is 1.70. The highest BCUT2D eigenvalue weighted by molar-refractivity contribution is 8.00. The lowest BCUT2D eigenvalue weighted by atomic mass is 9.97. The number of likely N-dealkylation sites (tertiary alicyclic amines) is 1. The largest absolute Gasteiger partial charge is 0.490 e. The Kier molecular flexibility index (Phi) is 9.81. The van der Waals surface area contributed by atoms with Crippen LogP contribution in [0.3, 0.4) is 0 Å². The lowest BCUT2D eigenvalue weighted by Gasteiger charge is -2.33. The first-order valence-electron chi connectivity index (χ1n) is 9.48. The van der Waals surface area contributed by atoms with E-state index in [1.807, 2.05) is 0 Å². The highest BCUT2D eigenvalue weighted by Crippen LogP contribution is 2.41. The number of nitriles is 1. The summed E-state index contributed by atoms with van der Waals surface area (Å²) in [5, 5.41) is 23.5. The molecule has 3 aliphatic heterocycles. The molecule has 0 spiro atoms. The van der Waals surface area contributed by atoms with E-state index in [0.29, 0.717) is 13.0 Å². The summed E-state index contributed by atoms with van der Waals surface area (Å²) in [5.41, 5.74) is 5.61. The molecule has 0 bridgehead atoms. The van der Waals surface area contributed by atoms with Crippen molar-refractivity contribution in [3.63, 3.8) is 0 Å². The third-order valence-electron chi connectivity index (χ3n) is 4.88. The molecule has 188 valence electrons. The molecule has 9 nitrogen and oxygen atoms in total. The first-order chi connectivity index (χ1) is 15.0. The van der Waals surface area contributed by atoms with Crippen LogP contribution in [0.15, 0.2) is 0 Å². The second kappa shape index (κ2) is 11.3. The van der Waals surface area contributed by atoms with Gasteiger partial charge in [-0.2, -0.15) is 31.6 Å². The van der Waals surface area contributed by atoms with Gasteiger partial charge in [0.25, 0.3) is 0 Å². The predicted molar refractivity (Wildman–Crippen MR) is 102 cm³/mol. The number of hydrogen-bond acceptors (Lipinski definition) is 7. The molecule has 3 heterocycles. The fraction of sp³-hybridized carbons (Fsp3) is 0.765. The SMILES string of the molecule is N#C[C@@H]1CS[C@@H]2C[C@](N)(CN3CCCCC3)C(=O)N12.O=C(O)C(F)(F)F.O=C(O)C(F)(F)F. The van der Waals surface area contributed by atoms with Crippen molar-refractivity contribution in [2.24, 2.45) is 5.73 Å². The lowest BCUT2D eigenvalue weighted by molar-refractivity contribution is -0.193. The van der Waals surface area contributed by atoms with E-state index >= 15 is 0 Å². The number of thioether (sulfide) groups is 1. The third-order valence-corrected chi connectivity index (χ3v) is 6.17. The Morgan fingerprint density at radius 1 is 1.09 bits per heavy atom. The molecule has 0 saturated carbocycles. The van der Waals surface area contributed by atoms with Gasteiger partial charge in [-0.15, -0.1) is 11.8 Å². The average molecular weight is 508 g/mol. The standard InChI is InChI=1S/C13H20N4OS.2C2HF3O2/c14-7-10-8-19-11-6-13(15,12(18)17(10)11)9-16-4-2-1-3-5-16;2*3-2(4,5)1(6)7/h10-11H,1-6,8-9,15H2;2*(H,6,7)/t10-,11-,13+;;/m1../s1. The van der Waals surface area contributed by atoms with Gasteiger partial charge >= 0.3 is 24.3 Å². The number of halogens is 6. The van der Waals surface area contributed by atoms with Crippen molar-refractivity contribution < 1.29 is 50.9 Å². The molecular weight excluding hydrogens is 486 g/mol. The van der Waals surface area contributed by atoms with Crippen molar-refractivity contribution in [2.45, 2.75) is 55.0 Å². The molecule has 0 aromatic heterocycles. The van der Waals surface area contributed by atoms with Gasteiger partial charge in [0.15, 0.2) is 0 Å². The van der Waals surface area contributed by atoms with Crippen LogP contribution in [0.4, 0.5) is 26.3 Å². The number of hydrogen-bond donors (Lipinski definition) is 3. The van der Waals surface area contributed by atoms with E-state index in [4.69, 9.17) is 30.8 Å². The molecular formula is C17H22F6N4O5S. The summed E-state index contributed by atoms with van der Waals surface area (Å²) in [5.74, 6) is -4.80. The summed E-state index contributed by atoms with van der Waals surface area (Å²) in [4.78, 5) is 34.4. The Morgan fingerprint density at radius 3 is 1.94 bits per heavy atom. The fourth-order valence-electron chi connectivity index (χ4n) is 3.40.